The molecule has 0 fully saturated rings. The molecule has 0 spiro atoms. The molecule has 0 unspecified atom stereocenters. The van der Waals surface area contributed by atoms with Gasteiger partial charge >= 0.3 is 5.97 Å². The van der Waals surface area contributed by atoms with Crippen LogP contribution < -0.4 is 16.2 Å². The van der Waals surface area contributed by atoms with E-state index >= 15 is 0 Å². The minimum Gasteiger partial charge on any atom is -0.496 e. The molecule has 0 aliphatic carbocycles. The number of para-hydroxylation sites is 2. The van der Waals surface area contributed by atoms with Crippen LogP contribution in [0.3, 0.4) is 0 Å². The molecule has 4 N–H and O–H groups in total. The first-order chi connectivity index (χ1) is 15.0. The van der Waals surface area contributed by atoms with Gasteiger partial charge in [0.1, 0.15) is 17.0 Å². The number of nitrogens with zero attached hydrogens (tertiary/aromatic N) is 5. The second-order valence-electron chi connectivity index (χ2n) is 6.42. The molecule has 0 atom stereocenters. The maximum absolute atomic E-state index is 13.0. The molecule has 0 saturated heterocycles. The van der Waals surface area contributed by atoms with Crippen molar-refractivity contribution in [3.8, 4) is 22.7 Å². The van der Waals surface area contributed by atoms with Crippen LogP contribution in [0.4, 0.5) is 11.9 Å². The summed E-state index contributed by atoms with van der Waals surface area (Å²) in [7, 11) is 1.56. The van der Waals surface area contributed by atoms with Gasteiger partial charge in [0.2, 0.25) is 11.9 Å². The highest BCUT2D eigenvalue weighted by Gasteiger charge is 2.22. The molecule has 10 nitrogen and oxygen atoms in total. The molecule has 0 bridgehead atoms. The SMILES string of the molecule is COc1ccccc1-c1nn(-c2ccccc2)cc1C(=O)OCc1nc(N)nc(N)n1. The lowest BCUT2D eigenvalue weighted by atomic mass is 10.1. The zero-order chi connectivity index (χ0) is 21.8. The van der Waals surface area contributed by atoms with Gasteiger partial charge in [0.15, 0.2) is 12.4 Å². The minimum absolute atomic E-state index is 0.0508. The molecule has 0 aliphatic rings. The van der Waals surface area contributed by atoms with E-state index in [1.54, 1.807) is 24.1 Å². The lowest BCUT2D eigenvalue weighted by Gasteiger charge is -2.08. The summed E-state index contributed by atoms with van der Waals surface area (Å²) in [6.07, 6.45) is 1.61. The van der Waals surface area contributed by atoms with Crippen molar-refractivity contribution in [2.24, 2.45) is 0 Å². The predicted octanol–water partition coefficient (Wildman–Crippen LogP) is 2.25. The van der Waals surface area contributed by atoms with Gasteiger partial charge in [-0.05, 0) is 24.3 Å². The fourth-order valence-electron chi connectivity index (χ4n) is 3.00. The Morgan fingerprint density at radius 2 is 1.65 bits per heavy atom. The molecule has 0 radical (unpaired) electrons. The van der Waals surface area contributed by atoms with E-state index < -0.39 is 5.97 Å². The summed E-state index contributed by atoms with van der Waals surface area (Å²) < 4.78 is 12.5. The van der Waals surface area contributed by atoms with Crippen LogP contribution in [0.2, 0.25) is 0 Å². The summed E-state index contributed by atoms with van der Waals surface area (Å²) in [5.74, 6) is 0.0106. The smallest absolute Gasteiger partial charge is 0.342 e. The fourth-order valence-corrected chi connectivity index (χ4v) is 3.00. The van der Waals surface area contributed by atoms with E-state index in [9.17, 15) is 4.79 Å². The topological polar surface area (TPSA) is 144 Å². The maximum atomic E-state index is 13.0. The second kappa shape index (κ2) is 8.49. The zero-order valence-electron chi connectivity index (χ0n) is 16.6. The molecular weight excluding hydrogens is 398 g/mol. The van der Waals surface area contributed by atoms with E-state index in [0.717, 1.165) is 5.69 Å². The highest BCUT2D eigenvalue weighted by molar-refractivity contribution is 5.97. The van der Waals surface area contributed by atoms with Gasteiger partial charge in [-0.2, -0.15) is 20.1 Å². The number of hydrogen-bond acceptors (Lipinski definition) is 9. The Labute approximate surface area is 177 Å². The molecule has 0 aliphatic heterocycles. The number of esters is 1. The van der Waals surface area contributed by atoms with Crippen LogP contribution in [-0.2, 0) is 11.3 Å². The van der Waals surface area contributed by atoms with E-state index in [1.165, 1.54) is 0 Å². The second-order valence-corrected chi connectivity index (χ2v) is 6.42. The molecule has 0 amide bonds. The van der Waals surface area contributed by atoms with Crippen LogP contribution in [0.5, 0.6) is 5.75 Å². The van der Waals surface area contributed by atoms with Crippen LogP contribution in [0.15, 0.2) is 60.8 Å². The van der Waals surface area contributed by atoms with E-state index in [1.807, 2.05) is 48.5 Å². The number of methoxy groups -OCH3 is 1. The number of carbonyl (C=O) groups is 1. The molecule has 2 aromatic carbocycles. The molecule has 2 heterocycles. The number of anilines is 2. The molecule has 4 rings (SSSR count). The average molecular weight is 417 g/mol. The lowest BCUT2D eigenvalue weighted by molar-refractivity contribution is 0.0463. The average Bonchev–Trinajstić information content (AvgIpc) is 3.23. The number of aromatic nitrogens is 5. The van der Waals surface area contributed by atoms with Crippen molar-refractivity contribution in [3.05, 3.63) is 72.2 Å². The Balaban J connectivity index is 1.71. The van der Waals surface area contributed by atoms with Crippen molar-refractivity contribution in [2.45, 2.75) is 6.61 Å². The van der Waals surface area contributed by atoms with Gasteiger partial charge in [-0.3, -0.25) is 0 Å². The highest BCUT2D eigenvalue weighted by atomic mass is 16.5. The number of benzene rings is 2. The number of ether oxygens (including phenoxy) is 2. The van der Waals surface area contributed by atoms with Crippen molar-refractivity contribution < 1.29 is 14.3 Å². The minimum atomic E-state index is -0.611. The summed E-state index contributed by atoms with van der Waals surface area (Å²) >= 11 is 0. The van der Waals surface area contributed by atoms with Crippen molar-refractivity contribution >= 4 is 17.9 Å². The Hall–Kier alpha value is -4.47. The summed E-state index contributed by atoms with van der Waals surface area (Å²) in [6.45, 7) is -0.225. The molecule has 4 aromatic rings. The third-order valence-electron chi connectivity index (χ3n) is 4.37. The first-order valence-corrected chi connectivity index (χ1v) is 9.26. The fraction of sp³-hybridized carbons (Fsp3) is 0.0952. The number of carbonyl (C=O) groups excluding carboxylic acids is 1. The van der Waals surface area contributed by atoms with Crippen molar-refractivity contribution in [1.82, 2.24) is 24.7 Å². The molecule has 31 heavy (non-hydrogen) atoms. The molecular formula is C21H19N7O3. The highest BCUT2D eigenvalue weighted by Crippen LogP contribution is 2.32. The Kier molecular flexibility index (Phi) is 5.43. The molecule has 0 saturated carbocycles. The van der Waals surface area contributed by atoms with E-state index in [4.69, 9.17) is 20.9 Å². The quantitative estimate of drug-likeness (QED) is 0.451. The Morgan fingerprint density at radius 3 is 2.35 bits per heavy atom. The van der Waals surface area contributed by atoms with Crippen LogP contribution >= 0.6 is 0 Å². The third kappa shape index (κ3) is 4.27. The van der Waals surface area contributed by atoms with E-state index in [0.29, 0.717) is 17.0 Å². The molecule has 10 heteroatoms. The number of rotatable bonds is 6. The van der Waals surface area contributed by atoms with Crippen LogP contribution in [0.1, 0.15) is 16.2 Å². The largest absolute Gasteiger partial charge is 0.496 e. The zero-order valence-corrected chi connectivity index (χ0v) is 16.6. The Morgan fingerprint density at radius 1 is 0.968 bits per heavy atom. The summed E-state index contributed by atoms with van der Waals surface area (Å²) in [6, 6.07) is 16.7. The first kappa shape index (κ1) is 19.8. The summed E-state index contributed by atoms with van der Waals surface area (Å²) in [4.78, 5) is 24.5. The maximum Gasteiger partial charge on any atom is 0.342 e. The van der Waals surface area contributed by atoms with Crippen molar-refractivity contribution in [1.29, 1.82) is 0 Å². The van der Waals surface area contributed by atoms with E-state index in [-0.39, 0.29) is 29.9 Å². The van der Waals surface area contributed by atoms with Crippen LogP contribution in [-0.4, -0.2) is 37.8 Å². The Bertz CT molecular complexity index is 1200. The van der Waals surface area contributed by atoms with Gasteiger partial charge in [0, 0.05) is 11.8 Å². The standard InChI is InChI=1S/C21H19N7O3/c1-30-16-10-6-5-9-14(16)18-15(11-28(27-18)13-7-3-2-4-8-13)19(29)31-12-17-24-20(22)26-21(23)25-17/h2-11H,12H2,1H3,(H4,22,23,24,25,26). The summed E-state index contributed by atoms with van der Waals surface area (Å²) in [5.41, 5.74) is 13.2. The first-order valence-electron chi connectivity index (χ1n) is 9.26. The van der Waals surface area contributed by atoms with Gasteiger partial charge in [-0.25, -0.2) is 9.48 Å². The van der Waals surface area contributed by atoms with Crippen LogP contribution in [0.25, 0.3) is 16.9 Å². The van der Waals surface area contributed by atoms with E-state index in [2.05, 4.69) is 20.1 Å². The monoisotopic (exact) mass is 417 g/mol. The van der Waals surface area contributed by atoms with Crippen LogP contribution in [0, 0.1) is 0 Å². The third-order valence-corrected chi connectivity index (χ3v) is 4.37. The molecule has 156 valence electrons. The number of nitrogens with two attached hydrogens (primary N) is 2. The van der Waals surface area contributed by atoms with Gasteiger partial charge < -0.3 is 20.9 Å². The number of nitrogen functional groups attached to an aromatic ring is 2. The predicted molar refractivity (Wildman–Crippen MR) is 113 cm³/mol. The van der Waals surface area contributed by atoms with Crippen molar-refractivity contribution in [3.63, 3.8) is 0 Å². The van der Waals surface area contributed by atoms with Gasteiger partial charge in [-0.15, -0.1) is 0 Å². The summed E-state index contributed by atoms with van der Waals surface area (Å²) in [5, 5.41) is 4.62. The normalized spacial score (nSPS) is 10.6. The lowest BCUT2D eigenvalue weighted by Crippen LogP contribution is -2.11. The van der Waals surface area contributed by atoms with Gasteiger partial charge in [0.25, 0.3) is 0 Å². The molecule has 2 aromatic heterocycles. The van der Waals surface area contributed by atoms with Gasteiger partial charge in [-0.1, -0.05) is 30.3 Å². The van der Waals surface area contributed by atoms with Gasteiger partial charge in [0.05, 0.1) is 12.8 Å². The van der Waals surface area contributed by atoms with Crippen molar-refractivity contribution in [2.75, 3.05) is 18.6 Å². The number of hydrogen-bond donors (Lipinski definition) is 2.